The van der Waals surface area contributed by atoms with E-state index in [2.05, 4.69) is 29.7 Å². The van der Waals surface area contributed by atoms with Crippen molar-refractivity contribution < 1.29 is 4.79 Å². The van der Waals surface area contributed by atoms with E-state index < -0.39 is 0 Å². The van der Waals surface area contributed by atoms with Crippen molar-refractivity contribution in [3.63, 3.8) is 0 Å². The number of carbonyl (C=O) groups excluding carboxylic acids is 1. The van der Waals surface area contributed by atoms with Crippen molar-refractivity contribution in [2.75, 3.05) is 47.4 Å². The fourth-order valence-electron chi connectivity index (χ4n) is 3.37. The largest absolute Gasteiger partial charge is 0.352 e. The topological polar surface area (TPSA) is 78.4 Å². The molecule has 1 aromatic carbocycles. The summed E-state index contributed by atoms with van der Waals surface area (Å²) in [6.07, 6.45) is 6.76. The monoisotopic (exact) mass is 389 g/mol. The lowest BCUT2D eigenvalue weighted by atomic mass is 10.2. The summed E-state index contributed by atoms with van der Waals surface area (Å²) in [7, 11) is 0. The van der Waals surface area contributed by atoms with Gasteiger partial charge in [0, 0.05) is 50.8 Å². The van der Waals surface area contributed by atoms with Crippen molar-refractivity contribution in [2.45, 2.75) is 6.92 Å². The van der Waals surface area contributed by atoms with E-state index in [0.717, 1.165) is 43.6 Å². The van der Waals surface area contributed by atoms with Crippen LogP contribution in [0.1, 0.15) is 17.4 Å². The molecule has 8 nitrogen and oxygen atoms in total. The zero-order chi connectivity index (χ0) is 20.1. The lowest BCUT2D eigenvalue weighted by molar-refractivity contribution is 0.0983. The first kappa shape index (κ1) is 18.8. The molecule has 29 heavy (non-hydrogen) atoms. The predicted molar refractivity (Wildman–Crippen MR) is 112 cm³/mol. The van der Waals surface area contributed by atoms with Crippen LogP contribution in [0.3, 0.4) is 0 Å². The van der Waals surface area contributed by atoms with Gasteiger partial charge in [0.1, 0.15) is 11.5 Å². The molecule has 0 spiro atoms. The lowest BCUT2D eigenvalue weighted by Crippen LogP contribution is -2.47. The van der Waals surface area contributed by atoms with E-state index in [1.165, 1.54) is 0 Å². The second-order valence-electron chi connectivity index (χ2n) is 6.67. The average Bonchev–Trinajstić information content (AvgIpc) is 2.81. The Hall–Kier alpha value is -3.55. The number of para-hydroxylation sites is 1. The Morgan fingerprint density at radius 2 is 1.59 bits per heavy atom. The Morgan fingerprint density at radius 1 is 0.897 bits per heavy atom. The number of hydrogen-bond donors (Lipinski definition) is 0. The predicted octanol–water partition coefficient (Wildman–Crippen LogP) is 2.26. The molecule has 1 fully saturated rings. The molecule has 8 heteroatoms. The molecule has 3 aromatic rings. The summed E-state index contributed by atoms with van der Waals surface area (Å²) < 4.78 is 0. The third-order valence-corrected chi connectivity index (χ3v) is 4.93. The molecular weight excluding hydrogens is 366 g/mol. The maximum atomic E-state index is 12.9. The number of benzene rings is 1. The third-order valence-electron chi connectivity index (χ3n) is 4.93. The summed E-state index contributed by atoms with van der Waals surface area (Å²) in [5, 5.41) is 0. The molecular formula is C21H23N7O. The van der Waals surface area contributed by atoms with Crippen molar-refractivity contribution in [1.29, 1.82) is 0 Å². The summed E-state index contributed by atoms with van der Waals surface area (Å²) >= 11 is 0. The first-order valence-corrected chi connectivity index (χ1v) is 9.72. The van der Waals surface area contributed by atoms with E-state index in [-0.39, 0.29) is 5.91 Å². The van der Waals surface area contributed by atoms with Crippen molar-refractivity contribution in [3.8, 4) is 0 Å². The van der Waals surface area contributed by atoms with Gasteiger partial charge >= 0.3 is 0 Å². The average molecular weight is 389 g/mol. The van der Waals surface area contributed by atoms with Crippen LogP contribution in [0.15, 0.2) is 61.2 Å². The number of carbonyl (C=O) groups is 1. The highest BCUT2D eigenvalue weighted by Gasteiger charge is 2.21. The summed E-state index contributed by atoms with van der Waals surface area (Å²) in [6, 6.07) is 11.4. The van der Waals surface area contributed by atoms with Gasteiger partial charge in [-0.2, -0.15) is 0 Å². The maximum Gasteiger partial charge on any atom is 0.278 e. The second-order valence-corrected chi connectivity index (χ2v) is 6.67. The number of aromatic nitrogens is 4. The zero-order valence-corrected chi connectivity index (χ0v) is 16.3. The summed E-state index contributed by atoms with van der Waals surface area (Å²) in [6.45, 7) is 5.73. The van der Waals surface area contributed by atoms with E-state index in [4.69, 9.17) is 0 Å². The number of nitrogens with zero attached hydrogens (tertiary/aromatic N) is 7. The minimum atomic E-state index is -0.149. The van der Waals surface area contributed by atoms with Crippen molar-refractivity contribution >= 4 is 23.4 Å². The van der Waals surface area contributed by atoms with Gasteiger partial charge in [0.05, 0.1) is 12.4 Å². The second kappa shape index (κ2) is 8.64. The molecule has 0 unspecified atom stereocenters. The molecule has 1 amide bonds. The number of piperazine rings is 1. The van der Waals surface area contributed by atoms with Gasteiger partial charge in [0.25, 0.3) is 5.91 Å². The molecule has 2 aromatic heterocycles. The zero-order valence-electron chi connectivity index (χ0n) is 16.3. The molecule has 1 aliphatic heterocycles. The Bertz CT molecular complexity index is 926. The number of amides is 1. The van der Waals surface area contributed by atoms with Gasteiger partial charge in [-0.05, 0) is 25.1 Å². The highest BCUT2D eigenvalue weighted by Crippen LogP contribution is 2.18. The van der Waals surface area contributed by atoms with E-state index >= 15 is 0 Å². The minimum absolute atomic E-state index is 0.149. The summed E-state index contributed by atoms with van der Waals surface area (Å²) in [4.78, 5) is 36.4. The first-order chi connectivity index (χ1) is 14.3. The molecule has 0 atom stereocenters. The van der Waals surface area contributed by atoms with Crippen LogP contribution in [0, 0.1) is 0 Å². The van der Waals surface area contributed by atoms with E-state index in [1.807, 2.05) is 43.3 Å². The van der Waals surface area contributed by atoms with E-state index in [0.29, 0.717) is 12.2 Å². The molecule has 0 N–H and O–H groups in total. The summed E-state index contributed by atoms with van der Waals surface area (Å²) in [5.41, 5.74) is 1.20. The van der Waals surface area contributed by atoms with Crippen LogP contribution < -0.4 is 14.7 Å². The van der Waals surface area contributed by atoms with Gasteiger partial charge in [0.15, 0.2) is 0 Å². The van der Waals surface area contributed by atoms with Crippen molar-refractivity contribution in [3.05, 3.63) is 66.9 Å². The van der Waals surface area contributed by atoms with E-state index in [1.54, 1.807) is 29.7 Å². The molecule has 3 heterocycles. The van der Waals surface area contributed by atoms with Crippen molar-refractivity contribution in [1.82, 2.24) is 19.9 Å². The molecule has 1 saturated heterocycles. The Kier molecular flexibility index (Phi) is 5.60. The quantitative estimate of drug-likeness (QED) is 0.662. The fraction of sp³-hybridized carbons (Fsp3) is 0.286. The normalized spacial score (nSPS) is 14.0. The van der Waals surface area contributed by atoms with Gasteiger partial charge in [-0.25, -0.2) is 19.9 Å². The Balaban J connectivity index is 1.41. The molecule has 0 radical (unpaired) electrons. The number of rotatable bonds is 5. The molecule has 4 rings (SSSR count). The van der Waals surface area contributed by atoms with Crippen LogP contribution in [0.25, 0.3) is 0 Å². The summed E-state index contributed by atoms with van der Waals surface area (Å²) in [5.74, 6) is 1.38. The highest BCUT2D eigenvalue weighted by atomic mass is 16.2. The Morgan fingerprint density at radius 3 is 2.21 bits per heavy atom. The molecule has 148 valence electrons. The SMILES string of the molecule is CCN(C(=O)c1cnc(N2CCN(c3ncccn3)CC2)cn1)c1ccccc1. The minimum Gasteiger partial charge on any atom is -0.352 e. The number of anilines is 3. The fourth-order valence-corrected chi connectivity index (χ4v) is 3.37. The van der Waals surface area contributed by atoms with Gasteiger partial charge in [-0.15, -0.1) is 0 Å². The van der Waals surface area contributed by atoms with Crippen LogP contribution in [-0.4, -0.2) is 58.6 Å². The third kappa shape index (κ3) is 4.16. The Labute approximate surface area is 169 Å². The standard InChI is InChI=1S/C21H23N7O/c1-2-28(17-7-4-3-5-8-17)20(29)18-15-25-19(16-24-18)26-11-13-27(14-12-26)21-22-9-6-10-23-21/h3-10,15-16H,2,11-14H2,1H3. The van der Waals surface area contributed by atoms with Crippen LogP contribution in [0.2, 0.25) is 0 Å². The van der Waals surface area contributed by atoms with Crippen LogP contribution in [0.5, 0.6) is 0 Å². The molecule has 0 aliphatic carbocycles. The molecule has 0 saturated carbocycles. The lowest BCUT2D eigenvalue weighted by Gasteiger charge is -2.35. The number of hydrogen-bond acceptors (Lipinski definition) is 7. The van der Waals surface area contributed by atoms with Crippen LogP contribution >= 0.6 is 0 Å². The highest BCUT2D eigenvalue weighted by molar-refractivity contribution is 6.04. The van der Waals surface area contributed by atoms with Crippen molar-refractivity contribution in [2.24, 2.45) is 0 Å². The van der Waals surface area contributed by atoms with Gasteiger partial charge in [-0.3, -0.25) is 4.79 Å². The van der Waals surface area contributed by atoms with Gasteiger partial charge in [0.2, 0.25) is 5.95 Å². The van der Waals surface area contributed by atoms with E-state index in [9.17, 15) is 4.79 Å². The first-order valence-electron chi connectivity index (χ1n) is 9.72. The molecule has 0 bridgehead atoms. The molecule has 1 aliphatic rings. The van der Waals surface area contributed by atoms with Gasteiger partial charge < -0.3 is 14.7 Å². The smallest absolute Gasteiger partial charge is 0.278 e. The maximum absolute atomic E-state index is 12.9. The van der Waals surface area contributed by atoms with Crippen LogP contribution in [-0.2, 0) is 0 Å². The van der Waals surface area contributed by atoms with Crippen LogP contribution in [0.4, 0.5) is 17.5 Å². The van der Waals surface area contributed by atoms with Gasteiger partial charge in [-0.1, -0.05) is 18.2 Å².